The second-order valence-corrected chi connectivity index (χ2v) is 5.44. The van der Waals surface area contributed by atoms with Gasteiger partial charge in [-0.2, -0.15) is 0 Å². The van der Waals surface area contributed by atoms with Crippen LogP contribution in [0.5, 0.6) is 0 Å². The maximum Gasteiger partial charge on any atom is 0.305 e. The first-order valence-corrected chi connectivity index (χ1v) is 7.36. The Balaban J connectivity index is 2.16. The highest BCUT2D eigenvalue weighted by Crippen LogP contribution is 2.24. The highest BCUT2D eigenvalue weighted by atomic mass is 19.1. The molecule has 0 saturated heterocycles. The maximum absolute atomic E-state index is 13.3. The molecular weight excluding hydrogens is 273 g/mol. The van der Waals surface area contributed by atoms with Gasteiger partial charge >= 0.3 is 5.97 Å². The van der Waals surface area contributed by atoms with Crippen LogP contribution in [0.3, 0.4) is 0 Å². The summed E-state index contributed by atoms with van der Waals surface area (Å²) in [5.41, 5.74) is 0.283. The second-order valence-electron chi connectivity index (χ2n) is 5.44. The first kappa shape index (κ1) is 15.5. The summed E-state index contributed by atoms with van der Waals surface area (Å²) in [6.45, 7) is 0.176. The smallest absolute Gasteiger partial charge is 0.305 e. The average Bonchev–Trinajstić information content (AvgIpc) is 2.48. The first-order valence-electron chi connectivity index (χ1n) is 7.36. The maximum atomic E-state index is 13.3. The monoisotopic (exact) mass is 293 g/mol. The zero-order chi connectivity index (χ0) is 15.2. The van der Waals surface area contributed by atoms with Crippen LogP contribution in [0, 0.1) is 5.82 Å². The second kappa shape index (κ2) is 7.20. The van der Waals surface area contributed by atoms with Crippen LogP contribution in [0.2, 0.25) is 0 Å². The summed E-state index contributed by atoms with van der Waals surface area (Å²) < 4.78 is 13.3. The largest absolute Gasteiger partial charge is 0.481 e. The van der Waals surface area contributed by atoms with Gasteiger partial charge in [-0.3, -0.25) is 9.59 Å². The lowest BCUT2D eigenvalue weighted by molar-refractivity contribution is -0.137. The lowest BCUT2D eigenvalue weighted by Gasteiger charge is -2.34. The quantitative estimate of drug-likeness (QED) is 0.907. The molecule has 0 radical (unpaired) electrons. The number of carbonyl (C=O) groups excluding carboxylic acids is 1. The lowest BCUT2D eigenvalue weighted by Crippen LogP contribution is -2.42. The molecule has 1 fully saturated rings. The molecule has 21 heavy (non-hydrogen) atoms. The molecule has 1 saturated carbocycles. The number of benzene rings is 1. The zero-order valence-corrected chi connectivity index (χ0v) is 11.9. The highest BCUT2D eigenvalue weighted by Gasteiger charge is 2.26. The average molecular weight is 293 g/mol. The molecule has 5 heteroatoms. The van der Waals surface area contributed by atoms with E-state index in [2.05, 4.69) is 0 Å². The Morgan fingerprint density at radius 3 is 2.57 bits per heavy atom. The van der Waals surface area contributed by atoms with Crippen molar-refractivity contribution in [2.24, 2.45) is 0 Å². The molecule has 1 N–H and O–H groups in total. The van der Waals surface area contributed by atoms with Gasteiger partial charge in [0.2, 0.25) is 0 Å². The lowest BCUT2D eigenvalue weighted by atomic mass is 9.93. The molecule has 0 aliphatic heterocycles. The molecule has 1 aliphatic carbocycles. The van der Waals surface area contributed by atoms with Crippen LogP contribution in [0.1, 0.15) is 48.9 Å². The number of nitrogens with zero attached hydrogens (tertiary/aromatic N) is 1. The summed E-state index contributed by atoms with van der Waals surface area (Å²) in [5, 5.41) is 8.86. The number of carboxylic acid groups (broad SMARTS) is 1. The van der Waals surface area contributed by atoms with Crippen molar-refractivity contribution in [3.05, 3.63) is 35.6 Å². The fraction of sp³-hybridized carbons (Fsp3) is 0.500. The first-order chi connectivity index (χ1) is 10.1. The van der Waals surface area contributed by atoms with Crippen molar-refractivity contribution in [1.29, 1.82) is 0 Å². The van der Waals surface area contributed by atoms with Crippen LogP contribution in [0.25, 0.3) is 0 Å². The van der Waals surface area contributed by atoms with Crippen molar-refractivity contribution < 1.29 is 19.1 Å². The minimum Gasteiger partial charge on any atom is -0.481 e. The Kier molecular flexibility index (Phi) is 5.31. The normalized spacial score (nSPS) is 15.7. The van der Waals surface area contributed by atoms with E-state index in [-0.39, 0.29) is 30.5 Å². The number of rotatable bonds is 5. The Hall–Kier alpha value is -1.91. The molecule has 1 aliphatic rings. The molecule has 0 bridgehead atoms. The van der Waals surface area contributed by atoms with E-state index in [4.69, 9.17) is 5.11 Å². The third-order valence-corrected chi connectivity index (χ3v) is 3.91. The van der Waals surface area contributed by atoms with Crippen molar-refractivity contribution in [1.82, 2.24) is 4.90 Å². The van der Waals surface area contributed by atoms with Gasteiger partial charge in [-0.25, -0.2) is 4.39 Å². The fourth-order valence-corrected chi connectivity index (χ4v) is 2.85. The number of amides is 1. The Bertz CT molecular complexity index is 512. The molecule has 4 nitrogen and oxygen atoms in total. The highest BCUT2D eigenvalue weighted by molar-refractivity contribution is 5.94. The van der Waals surface area contributed by atoms with Crippen LogP contribution in [0.15, 0.2) is 24.3 Å². The molecule has 0 atom stereocenters. The summed E-state index contributed by atoms with van der Waals surface area (Å²) in [4.78, 5) is 25.0. The SMILES string of the molecule is O=C(O)CCN(C(=O)c1cccc(F)c1)C1CCCCC1. The Morgan fingerprint density at radius 2 is 1.95 bits per heavy atom. The van der Waals surface area contributed by atoms with Crippen molar-refractivity contribution in [2.45, 2.75) is 44.6 Å². The van der Waals surface area contributed by atoms with Gasteiger partial charge in [0, 0.05) is 18.2 Å². The van der Waals surface area contributed by atoms with Gasteiger partial charge in [-0.1, -0.05) is 25.3 Å². The molecule has 1 amide bonds. The van der Waals surface area contributed by atoms with E-state index in [0.717, 1.165) is 32.1 Å². The number of halogens is 1. The van der Waals surface area contributed by atoms with Crippen molar-refractivity contribution in [3.63, 3.8) is 0 Å². The van der Waals surface area contributed by atoms with Crippen LogP contribution < -0.4 is 0 Å². The Morgan fingerprint density at radius 1 is 1.24 bits per heavy atom. The molecule has 0 heterocycles. The molecular formula is C16H20FNO3. The van der Waals surface area contributed by atoms with Crippen molar-refractivity contribution in [3.8, 4) is 0 Å². The van der Waals surface area contributed by atoms with E-state index >= 15 is 0 Å². The van der Waals surface area contributed by atoms with Gasteiger partial charge in [0.1, 0.15) is 5.82 Å². The van der Waals surface area contributed by atoms with Gasteiger partial charge < -0.3 is 10.0 Å². The molecule has 2 rings (SSSR count). The van der Waals surface area contributed by atoms with Crippen molar-refractivity contribution >= 4 is 11.9 Å². The van der Waals surface area contributed by atoms with Crippen LogP contribution >= 0.6 is 0 Å². The third-order valence-electron chi connectivity index (χ3n) is 3.91. The van der Waals surface area contributed by atoms with Crippen LogP contribution in [-0.4, -0.2) is 34.5 Å². The summed E-state index contributed by atoms with van der Waals surface area (Å²) >= 11 is 0. The molecule has 0 unspecified atom stereocenters. The van der Waals surface area contributed by atoms with E-state index < -0.39 is 11.8 Å². The topological polar surface area (TPSA) is 57.6 Å². The van der Waals surface area contributed by atoms with Gasteiger partial charge in [-0.15, -0.1) is 0 Å². The van der Waals surface area contributed by atoms with Gasteiger partial charge in [0.25, 0.3) is 5.91 Å². The van der Waals surface area contributed by atoms with E-state index in [1.165, 1.54) is 18.2 Å². The number of hydrogen-bond donors (Lipinski definition) is 1. The predicted molar refractivity (Wildman–Crippen MR) is 76.6 cm³/mol. The van der Waals surface area contributed by atoms with Gasteiger partial charge in [0.05, 0.1) is 6.42 Å². The zero-order valence-electron chi connectivity index (χ0n) is 11.9. The number of carboxylic acids is 1. The molecule has 0 spiro atoms. The van der Waals surface area contributed by atoms with Crippen LogP contribution in [-0.2, 0) is 4.79 Å². The van der Waals surface area contributed by atoms with Gasteiger partial charge in [-0.05, 0) is 31.0 Å². The van der Waals surface area contributed by atoms with Crippen molar-refractivity contribution in [2.75, 3.05) is 6.54 Å². The fourth-order valence-electron chi connectivity index (χ4n) is 2.85. The molecule has 1 aromatic carbocycles. The summed E-state index contributed by atoms with van der Waals surface area (Å²) in [6, 6.07) is 5.63. The van der Waals surface area contributed by atoms with E-state index in [0.29, 0.717) is 0 Å². The number of aliphatic carboxylic acids is 1. The van der Waals surface area contributed by atoms with Crippen LogP contribution in [0.4, 0.5) is 4.39 Å². The van der Waals surface area contributed by atoms with E-state index in [1.54, 1.807) is 11.0 Å². The summed E-state index contributed by atoms with van der Waals surface area (Å²) in [5.74, 6) is -1.66. The Labute approximate surface area is 123 Å². The van der Waals surface area contributed by atoms with E-state index in [9.17, 15) is 14.0 Å². The third kappa shape index (κ3) is 4.28. The molecule has 114 valence electrons. The summed E-state index contributed by atoms with van der Waals surface area (Å²) in [7, 11) is 0. The predicted octanol–water partition coefficient (Wildman–Crippen LogP) is 3.08. The standard InChI is InChI=1S/C16H20FNO3/c17-13-6-4-5-12(11-13)16(21)18(10-9-15(19)20)14-7-2-1-3-8-14/h4-6,11,14H,1-3,7-10H2,(H,19,20). The molecule has 0 aromatic heterocycles. The summed E-state index contributed by atoms with van der Waals surface area (Å²) in [6.07, 6.45) is 4.94. The minimum absolute atomic E-state index is 0.0638. The van der Waals surface area contributed by atoms with E-state index in [1.807, 2.05) is 0 Å². The number of hydrogen-bond acceptors (Lipinski definition) is 2. The van der Waals surface area contributed by atoms with Gasteiger partial charge in [0.15, 0.2) is 0 Å². The number of carbonyl (C=O) groups is 2. The minimum atomic E-state index is -0.928. The molecule has 1 aromatic rings.